The van der Waals surface area contributed by atoms with Crippen LogP contribution in [0.1, 0.15) is 47.1 Å². The molecule has 0 saturated heterocycles. The minimum atomic E-state index is -0.792. The molecule has 0 aromatic heterocycles. The van der Waals surface area contributed by atoms with E-state index in [-0.39, 0.29) is 17.5 Å². The van der Waals surface area contributed by atoms with Crippen molar-refractivity contribution in [3.05, 3.63) is 29.8 Å². The van der Waals surface area contributed by atoms with Gasteiger partial charge in [-0.15, -0.1) is 0 Å². The SMILES string of the molecule is CC(C)(C)OC(=O)NC(Cc1ccc(OC(=O)OC(C)(C)C)cc1)C(=O)CBr. The third kappa shape index (κ3) is 9.73. The van der Waals surface area contributed by atoms with E-state index >= 15 is 0 Å². The number of alkyl carbamates (subject to hydrolysis) is 1. The van der Waals surface area contributed by atoms with Gasteiger partial charge < -0.3 is 19.5 Å². The highest BCUT2D eigenvalue weighted by atomic mass is 79.9. The molecular formula is C20H28BrNO6. The molecule has 0 saturated carbocycles. The molecular weight excluding hydrogens is 430 g/mol. The Hall–Kier alpha value is -2.09. The van der Waals surface area contributed by atoms with Gasteiger partial charge in [-0.3, -0.25) is 4.79 Å². The number of benzene rings is 1. The van der Waals surface area contributed by atoms with Crippen molar-refractivity contribution in [1.82, 2.24) is 5.32 Å². The fourth-order valence-electron chi connectivity index (χ4n) is 2.08. The number of carbonyl (C=O) groups is 3. The van der Waals surface area contributed by atoms with Crippen LogP contribution in [0.4, 0.5) is 9.59 Å². The third-order valence-electron chi connectivity index (χ3n) is 3.17. The molecule has 0 aliphatic heterocycles. The van der Waals surface area contributed by atoms with E-state index in [9.17, 15) is 14.4 Å². The van der Waals surface area contributed by atoms with Gasteiger partial charge >= 0.3 is 12.2 Å². The van der Waals surface area contributed by atoms with Crippen LogP contribution in [0.2, 0.25) is 0 Å². The highest BCUT2D eigenvalue weighted by Crippen LogP contribution is 2.17. The van der Waals surface area contributed by atoms with Crippen LogP contribution in [0.25, 0.3) is 0 Å². The summed E-state index contributed by atoms with van der Waals surface area (Å²) in [6.07, 6.45) is -1.17. The van der Waals surface area contributed by atoms with Gasteiger partial charge in [0, 0.05) is 0 Å². The molecule has 0 radical (unpaired) electrons. The third-order valence-corrected chi connectivity index (χ3v) is 3.72. The molecule has 1 atom stereocenters. The highest BCUT2D eigenvalue weighted by Gasteiger charge is 2.24. The summed E-state index contributed by atoms with van der Waals surface area (Å²) in [6.45, 7) is 10.5. The van der Waals surface area contributed by atoms with Gasteiger partial charge in [0.25, 0.3) is 0 Å². The largest absolute Gasteiger partial charge is 0.514 e. The molecule has 0 fully saturated rings. The normalized spacial score (nSPS) is 12.7. The number of hydrogen-bond donors (Lipinski definition) is 1. The second kappa shape index (κ2) is 9.91. The Bertz CT molecular complexity index is 688. The van der Waals surface area contributed by atoms with Gasteiger partial charge in [-0.2, -0.15) is 0 Å². The molecule has 0 aliphatic carbocycles. The Morgan fingerprint density at radius 2 is 1.50 bits per heavy atom. The van der Waals surface area contributed by atoms with Crippen molar-refractivity contribution in [3.63, 3.8) is 0 Å². The van der Waals surface area contributed by atoms with E-state index in [0.717, 1.165) is 5.56 Å². The van der Waals surface area contributed by atoms with Gasteiger partial charge in [-0.25, -0.2) is 9.59 Å². The van der Waals surface area contributed by atoms with Crippen molar-refractivity contribution in [2.24, 2.45) is 0 Å². The number of ether oxygens (including phenoxy) is 3. The van der Waals surface area contributed by atoms with E-state index in [0.29, 0.717) is 5.75 Å². The van der Waals surface area contributed by atoms with E-state index in [1.54, 1.807) is 65.8 Å². The first-order valence-corrected chi connectivity index (χ1v) is 9.99. The zero-order valence-corrected chi connectivity index (χ0v) is 18.7. The quantitative estimate of drug-likeness (QED) is 0.386. The number of rotatable bonds is 6. The first-order valence-electron chi connectivity index (χ1n) is 8.87. The summed E-state index contributed by atoms with van der Waals surface area (Å²) in [6, 6.07) is 5.88. The van der Waals surface area contributed by atoms with Crippen molar-refractivity contribution in [2.45, 2.75) is 65.2 Å². The second-order valence-corrected chi connectivity index (χ2v) is 8.77. The van der Waals surface area contributed by atoms with Crippen molar-refractivity contribution in [2.75, 3.05) is 5.33 Å². The molecule has 7 nitrogen and oxygen atoms in total. The molecule has 156 valence electrons. The van der Waals surface area contributed by atoms with Gasteiger partial charge in [0.15, 0.2) is 5.78 Å². The first-order chi connectivity index (χ1) is 12.8. The Kier molecular flexibility index (Phi) is 8.48. The lowest BCUT2D eigenvalue weighted by molar-refractivity contribution is -0.118. The fourth-order valence-corrected chi connectivity index (χ4v) is 2.48. The van der Waals surface area contributed by atoms with Crippen molar-refractivity contribution < 1.29 is 28.6 Å². The zero-order chi connectivity index (χ0) is 21.5. The lowest BCUT2D eigenvalue weighted by Crippen LogP contribution is -2.45. The smallest absolute Gasteiger partial charge is 0.444 e. The second-order valence-electron chi connectivity index (χ2n) is 8.21. The van der Waals surface area contributed by atoms with Gasteiger partial charge in [0.1, 0.15) is 17.0 Å². The van der Waals surface area contributed by atoms with E-state index in [1.807, 2.05) is 0 Å². The summed E-state index contributed by atoms with van der Waals surface area (Å²) in [5, 5.41) is 2.70. The molecule has 1 unspecified atom stereocenters. The van der Waals surface area contributed by atoms with Crippen LogP contribution in [-0.4, -0.2) is 40.6 Å². The molecule has 8 heteroatoms. The Balaban J connectivity index is 2.75. The van der Waals surface area contributed by atoms with Gasteiger partial charge in [0.2, 0.25) is 0 Å². The minimum Gasteiger partial charge on any atom is -0.444 e. The van der Waals surface area contributed by atoms with Crippen LogP contribution < -0.4 is 10.1 Å². The first kappa shape index (κ1) is 23.9. The molecule has 1 N–H and O–H groups in total. The van der Waals surface area contributed by atoms with Crippen LogP contribution in [0.3, 0.4) is 0 Å². The van der Waals surface area contributed by atoms with Crippen molar-refractivity contribution in [3.8, 4) is 5.75 Å². The number of carbonyl (C=O) groups excluding carboxylic acids is 3. The number of halogens is 1. The Morgan fingerprint density at radius 1 is 0.964 bits per heavy atom. The molecule has 0 aliphatic rings. The summed E-state index contributed by atoms with van der Waals surface area (Å²) in [7, 11) is 0. The highest BCUT2D eigenvalue weighted by molar-refractivity contribution is 9.09. The minimum absolute atomic E-state index is 0.104. The molecule has 0 heterocycles. The molecule has 28 heavy (non-hydrogen) atoms. The lowest BCUT2D eigenvalue weighted by Gasteiger charge is -2.23. The molecule has 1 rings (SSSR count). The summed E-state index contributed by atoms with van der Waals surface area (Å²) in [5.74, 6) is 0.140. The zero-order valence-electron chi connectivity index (χ0n) is 17.1. The molecule has 1 amide bonds. The number of hydrogen-bond acceptors (Lipinski definition) is 6. The van der Waals surface area contributed by atoms with Crippen LogP contribution in [0.5, 0.6) is 5.75 Å². The van der Waals surface area contributed by atoms with E-state index in [4.69, 9.17) is 14.2 Å². The fraction of sp³-hybridized carbons (Fsp3) is 0.550. The van der Waals surface area contributed by atoms with E-state index in [2.05, 4.69) is 21.2 Å². The monoisotopic (exact) mass is 457 g/mol. The standard InChI is InChI=1S/C20H28BrNO6/c1-19(2,3)27-17(24)22-15(16(23)12-21)11-13-7-9-14(10-8-13)26-18(25)28-20(4,5)6/h7-10,15H,11-12H2,1-6H3,(H,22,24). The van der Waals surface area contributed by atoms with Crippen LogP contribution in [0, 0.1) is 0 Å². The summed E-state index contributed by atoms with van der Waals surface area (Å²) >= 11 is 3.13. The Labute approximate surface area is 174 Å². The van der Waals surface area contributed by atoms with Crippen molar-refractivity contribution >= 4 is 34.0 Å². The molecule has 1 aromatic rings. The average Bonchev–Trinajstić information content (AvgIpc) is 2.51. The lowest BCUT2D eigenvalue weighted by atomic mass is 10.0. The maximum atomic E-state index is 12.2. The molecule has 0 bridgehead atoms. The van der Waals surface area contributed by atoms with Crippen LogP contribution in [-0.2, 0) is 20.7 Å². The molecule has 0 spiro atoms. The van der Waals surface area contributed by atoms with E-state index < -0.39 is 29.5 Å². The maximum absolute atomic E-state index is 12.2. The van der Waals surface area contributed by atoms with E-state index in [1.165, 1.54) is 0 Å². The number of nitrogens with one attached hydrogen (secondary N) is 1. The predicted octanol–water partition coefficient (Wildman–Crippen LogP) is 4.40. The number of ketones is 1. The number of Topliss-reactive ketones (excluding diaryl/α,β-unsaturated/α-hetero) is 1. The number of alkyl halides is 1. The van der Waals surface area contributed by atoms with Crippen LogP contribution >= 0.6 is 15.9 Å². The number of amides is 1. The average molecular weight is 458 g/mol. The van der Waals surface area contributed by atoms with Crippen LogP contribution in [0.15, 0.2) is 24.3 Å². The Morgan fingerprint density at radius 3 is 1.96 bits per heavy atom. The summed E-state index contributed by atoms with van der Waals surface area (Å²) in [5.41, 5.74) is -0.521. The topological polar surface area (TPSA) is 90.9 Å². The summed E-state index contributed by atoms with van der Waals surface area (Å²) < 4.78 is 15.4. The summed E-state index contributed by atoms with van der Waals surface area (Å²) in [4.78, 5) is 35.9. The molecule has 1 aromatic carbocycles. The van der Waals surface area contributed by atoms with Crippen molar-refractivity contribution in [1.29, 1.82) is 0 Å². The van der Waals surface area contributed by atoms with Gasteiger partial charge in [-0.05, 0) is 65.7 Å². The van der Waals surface area contributed by atoms with Gasteiger partial charge in [0.05, 0.1) is 11.4 Å². The predicted molar refractivity (Wildman–Crippen MR) is 109 cm³/mol. The maximum Gasteiger partial charge on any atom is 0.514 e. The van der Waals surface area contributed by atoms with Gasteiger partial charge in [-0.1, -0.05) is 28.1 Å².